The van der Waals surface area contributed by atoms with Gasteiger partial charge >= 0.3 is 6.18 Å². The maximum Gasteiger partial charge on any atom is 0.452 e. The number of aliphatic hydroxyl groups is 1. The molecule has 3 rings (SSSR count). The van der Waals surface area contributed by atoms with E-state index < -0.39 is 17.9 Å². The zero-order valence-corrected chi connectivity index (χ0v) is 15.2. The minimum Gasteiger partial charge on any atom is -0.395 e. The predicted octanol–water partition coefficient (Wildman–Crippen LogP) is 2.52. The zero-order chi connectivity index (χ0) is 19.8. The fourth-order valence-electron chi connectivity index (χ4n) is 2.51. The van der Waals surface area contributed by atoms with Gasteiger partial charge in [0.05, 0.1) is 17.6 Å². The Morgan fingerprint density at radius 2 is 2.07 bits per heavy atom. The Labute approximate surface area is 156 Å². The second kappa shape index (κ2) is 7.31. The molecule has 27 heavy (non-hydrogen) atoms. The third-order valence-electron chi connectivity index (χ3n) is 3.55. The van der Waals surface area contributed by atoms with Crippen molar-refractivity contribution in [1.29, 1.82) is 0 Å². The van der Waals surface area contributed by atoms with Crippen LogP contribution in [0.2, 0.25) is 0 Å². The number of benzene rings is 1. The average molecular weight is 399 g/mol. The predicted molar refractivity (Wildman–Crippen MR) is 93.7 cm³/mol. The smallest absolute Gasteiger partial charge is 0.395 e. The molecule has 0 unspecified atom stereocenters. The van der Waals surface area contributed by atoms with Gasteiger partial charge in [-0.1, -0.05) is 25.6 Å². The molecule has 0 spiro atoms. The first kappa shape index (κ1) is 19.4. The van der Waals surface area contributed by atoms with Gasteiger partial charge in [-0.15, -0.1) is 10.2 Å². The first-order valence-electron chi connectivity index (χ1n) is 8.04. The van der Waals surface area contributed by atoms with Gasteiger partial charge in [0.1, 0.15) is 5.03 Å². The quantitative estimate of drug-likeness (QED) is 0.641. The Morgan fingerprint density at radius 1 is 1.33 bits per heavy atom. The van der Waals surface area contributed by atoms with Crippen molar-refractivity contribution < 1.29 is 23.1 Å². The normalized spacial score (nSPS) is 12.3. The largest absolute Gasteiger partial charge is 0.452 e. The summed E-state index contributed by atoms with van der Waals surface area (Å²) in [7, 11) is 0. The molecule has 1 aromatic carbocycles. The molecule has 7 nitrogen and oxygen atoms in total. The molecule has 0 aliphatic rings. The molecule has 11 heteroatoms. The van der Waals surface area contributed by atoms with Crippen LogP contribution in [0.25, 0.3) is 16.7 Å². The molecule has 2 heterocycles. The van der Waals surface area contributed by atoms with E-state index in [1.165, 1.54) is 30.0 Å². The molecule has 0 aliphatic heterocycles. The number of carbonyl (C=O) groups excluding carboxylic acids is 1. The van der Waals surface area contributed by atoms with Crippen molar-refractivity contribution in [1.82, 2.24) is 24.9 Å². The Bertz CT molecular complexity index is 1000. The molecule has 2 N–H and O–H groups in total. The van der Waals surface area contributed by atoms with Crippen LogP contribution in [0.5, 0.6) is 0 Å². The molecule has 2 aromatic heterocycles. The van der Waals surface area contributed by atoms with Crippen molar-refractivity contribution in [3.8, 4) is 0 Å². The summed E-state index contributed by atoms with van der Waals surface area (Å²) in [6.07, 6.45) is -4.72. The number of alkyl halides is 3. The lowest BCUT2D eigenvalue weighted by atomic mass is 10.1. The van der Waals surface area contributed by atoms with Gasteiger partial charge in [0.25, 0.3) is 5.91 Å². The molecule has 1 amide bonds. The van der Waals surface area contributed by atoms with Crippen LogP contribution in [-0.2, 0) is 6.18 Å². The van der Waals surface area contributed by atoms with Gasteiger partial charge in [-0.2, -0.15) is 13.2 Å². The maximum absolute atomic E-state index is 13.4. The molecule has 0 aliphatic carbocycles. The average Bonchev–Trinajstić information content (AvgIpc) is 3.05. The summed E-state index contributed by atoms with van der Waals surface area (Å²) in [5.74, 6) is -1.69. The molecule has 3 aromatic rings. The van der Waals surface area contributed by atoms with Gasteiger partial charge in [0.15, 0.2) is 5.65 Å². The van der Waals surface area contributed by atoms with Crippen LogP contribution >= 0.6 is 11.8 Å². The summed E-state index contributed by atoms with van der Waals surface area (Å²) in [4.78, 5) is 16.5. The number of carbonyl (C=O) groups is 1. The summed E-state index contributed by atoms with van der Waals surface area (Å²) >= 11 is 1.28. The topological polar surface area (TPSA) is 92.4 Å². The Kier molecular flexibility index (Phi) is 5.24. The summed E-state index contributed by atoms with van der Waals surface area (Å²) < 4.78 is 41.2. The van der Waals surface area contributed by atoms with E-state index in [0.29, 0.717) is 5.03 Å². The number of thioether (sulfide) groups is 1. The van der Waals surface area contributed by atoms with Gasteiger partial charge in [0.2, 0.25) is 5.82 Å². The fraction of sp³-hybridized carbons (Fsp3) is 0.375. The van der Waals surface area contributed by atoms with Crippen LogP contribution in [0.15, 0.2) is 23.2 Å². The highest BCUT2D eigenvalue weighted by molar-refractivity contribution is 8.00. The monoisotopic (exact) mass is 399 g/mol. The van der Waals surface area contributed by atoms with Crippen molar-refractivity contribution >= 4 is 34.3 Å². The van der Waals surface area contributed by atoms with Crippen LogP contribution in [0.3, 0.4) is 0 Å². The van der Waals surface area contributed by atoms with Crippen LogP contribution in [0, 0.1) is 0 Å². The number of amides is 1. The molecular weight excluding hydrogens is 383 g/mol. The minimum absolute atomic E-state index is 0.0126. The number of hydrogen-bond donors (Lipinski definition) is 2. The highest BCUT2D eigenvalue weighted by Gasteiger charge is 2.38. The lowest BCUT2D eigenvalue weighted by Gasteiger charge is -2.12. The lowest BCUT2D eigenvalue weighted by molar-refractivity contribution is -0.145. The number of aliphatic hydroxyl groups excluding tert-OH is 1. The molecule has 0 fully saturated rings. The number of rotatable bonds is 5. The summed E-state index contributed by atoms with van der Waals surface area (Å²) in [6, 6.07) is 4.26. The van der Waals surface area contributed by atoms with Gasteiger partial charge in [-0.25, -0.2) is 4.98 Å². The van der Waals surface area contributed by atoms with Gasteiger partial charge in [-0.3, -0.25) is 9.20 Å². The number of halogens is 3. The number of fused-ring (bicyclic) bond motifs is 3. The van der Waals surface area contributed by atoms with Crippen molar-refractivity contribution in [2.75, 3.05) is 13.2 Å². The molecule has 0 atom stereocenters. The zero-order valence-electron chi connectivity index (χ0n) is 14.4. The van der Waals surface area contributed by atoms with Crippen LogP contribution in [0.1, 0.15) is 30.0 Å². The first-order chi connectivity index (χ1) is 12.7. The third kappa shape index (κ3) is 3.83. The van der Waals surface area contributed by atoms with Crippen molar-refractivity contribution in [2.45, 2.75) is 30.3 Å². The molecule has 0 saturated carbocycles. The van der Waals surface area contributed by atoms with Gasteiger partial charge < -0.3 is 10.4 Å². The van der Waals surface area contributed by atoms with E-state index in [1.54, 1.807) is 0 Å². The fourth-order valence-corrected chi connectivity index (χ4v) is 3.34. The van der Waals surface area contributed by atoms with E-state index in [-0.39, 0.29) is 40.6 Å². The third-order valence-corrected chi connectivity index (χ3v) is 4.52. The van der Waals surface area contributed by atoms with Crippen LogP contribution in [-0.4, -0.2) is 49.0 Å². The highest BCUT2D eigenvalue weighted by Crippen LogP contribution is 2.34. The second-order valence-electron chi connectivity index (χ2n) is 5.95. The summed E-state index contributed by atoms with van der Waals surface area (Å²) in [5, 5.41) is 18.7. The molecule has 0 radical (unpaired) electrons. The van der Waals surface area contributed by atoms with E-state index in [9.17, 15) is 18.0 Å². The molecular formula is C16H16F3N5O2S. The Balaban J connectivity index is 2.27. The summed E-state index contributed by atoms with van der Waals surface area (Å²) in [6.45, 7) is 3.57. The summed E-state index contributed by atoms with van der Waals surface area (Å²) in [5.41, 5.74) is 0.494. The Hall–Kier alpha value is -2.40. The Morgan fingerprint density at radius 3 is 2.70 bits per heavy atom. The molecule has 0 bridgehead atoms. The van der Waals surface area contributed by atoms with Crippen molar-refractivity contribution in [3.05, 3.63) is 29.6 Å². The van der Waals surface area contributed by atoms with Gasteiger partial charge in [0, 0.05) is 17.4 Å². The van der Waals surface area contributed by atoms with E-state index in [2.05, 4.69) is 20.5 Å². The standard InChI is InChI=1S/C16H16F3N5O2S/c1-8(2)27-14-12-22-23-15(16(17,18)19)24(12)11-7-9(3-4-10(11)21-14)13(26)20-5-6-25/h3-4,7-8,25H,5-6H2,1-2H3,(H,20,26). The number of nitrogens with zero attached hydrogens (tertiary/aromatic N) is 4. The van der Waals surface area contributed by atoms with Crippen LogP contribution in [0.4, 0.5) is 13.2 Å². The SMILES string of the molecule is CC(C)Sc1nc2ccc(C(=O)NCCO)cc2n2c(C(F)(F)F)nnc12. The maximum atomic E-state index is 13.4. The van der Waals surface area contributed by atoms with Crippen molar-refractivity contribution in [3.63, 3.8) is 0 Å². The van der Waals surface area contributed by atoms with Crippen molar-refractivity contribution in [2.24, 2.45) is 0 Å². The molecule has 0 saturated heterocycles. The minimum atomic E-state index is -4.72. The van der Waals surface area contributed by atoms with E-state index in [4.69, 9.17) is 5.11 Å². The van der Waals surface area contributed by atoms with E-state index in [1.807, 2.05) is 13.8 Å². The van der Waals surface area contributed by atoms with Gasteiger partial charge in [-0.05, 0) is 18.2 Å². The lowest BCUT2D eigenvalue weighted by Crippen LogP contribution is -2.26. The van der Waals surface area contributed by atoms with E-state index in [0.717, 1.165) is 4.40 Å². The van der Waals surface area contributed by atoms with E-state index >= 15 is 0 Å². The first-order valence-corrected chi connectivity index (χ1v) is 8.92. The van der Waals surface area contributed by atoms with Crippen LogP contribution < -0.4 is 5.32 Å². The molecule has 144 valence electrons. The number of hydrogen-bond acceptors (Lipinski definition) is 6. The highest BCUT2D eigenvalue weighted by atomic mass is 32.2. The number of nitrogens with one attached hydrogen (secondary N) is 1. The number of aromatic nitrogens is 4. The second-order valence-corrected chi connectivity index (χ2v) is 7.51.